The van der Waals surface area contributed by atoms with Crippen LogP contribution in [0.15, 0.2) is 18.2 Å². The van der Waals surface area contributed by atoms with E-state index in [1.807, 2.05) is 0 Å². The standard InChI is InChI=1S/C16H26N4O6/c17-10-3-4-11(12(7-10)20(25)26)18-5-1-2-6-19-8-14(22)16(24)15(23)13(19)9-21/h3-4,7,13-16,18,21-24H,1-2,5-6,8-9,17H2/t13-,14+,15-,16-/m1/s1. The van der Waals surface area contributed by atoms with Gasteiger partial charge in [-0.05, 0) is 31.5 Å². The first-order valence-electron chi connectivity index (χ1n) is 8.52. The van der Waals surface area contributed by atoms with Gasteiger partial charge in [-0.2, -0.15) is 0 Å². The summed E-state index contributed by atoms with van der Waals surface area (Å²) in [6.07, 6.45) is -2.18. The Morgan fingerprint density at radius 1 is 1.27 bits per heavy atom. The van der Waals surface area contributed by atoms with Crippen LogP contribution < -0.4 is 11.1 Å². The molecule has 7 N–H and O–H groups in total. The number of nitrogens with one attached hydrogen (secondary N) is 1. The summed E-state index contributed by atoms with van der Waals surface area (Å²) in [6.45, 7) is 0.856. The molecule has 0 amide bonds. The number of nitro groups is 1. The van der Waals surface area contributed by atoms with Crippen LogP contribution in [-0.4, -0.2) is 80.8 Å². The molecule has 1 aromatic rings. The van der Waals surface area contributed by atoms with Crippen molar-refractivity contribution in [1.29, 1.82) is 0 Å². The first-order chi connectivity index (χ1) is 12.3. The second-order valence-electron chi connectivity index (χ2n) is 6.46. The molecule has 1 aliphatic heterocycles. The Labute approximate surface area is 151 Å². The Bertz CT molecular complexity index is 616. The summed E-state index contributed by atoms with van der Waals surface area (Å²) in [6, 6.07) is 3.83. The van der Waals surface area contributed by atoms with Crippen LogP contribution in [0.25, 0.3) is 0 Å². The Morgan fingerprint density at radius 3 is 2.65 bits per heavy atom. The van der Waals surface area contributed by atoms with Crippen molar-refractivity contribution in [3.8, 4) is 0 Å². The number of nitro benzene ring substituents is 1. The van der Waals surface area contributed by atoms with E-state index >= 15 is 0 Å². The van der Waals surface area contributed by atoms with Crippen molar-refractivity contribution in [1.82, 2.24) is 4.90 Å². The fourth-order valence-corrected chi connectivity index (χ4v) is 3.15. The lowest BCUT2D eigenvalue weighted by molar-refractivity contribution is -0.383. The molecule has 0 spiro atoms. The van der Waals surface area contributed by atoms with Crippen molar-refractivity contribution in [3.63, 3.8) is 0 Å². The van der Waals surface area contributed by atoms with E-state index in [2.05, 4.69) is 5.32 Å². The van der Waals surface area contributed by atoms with Crippen LogP contribution in [-0.2, 0) is 0 Å². The van der Waals surface area contributed by atoms with Crippen LogP contribution in [0.1, 0.15) is 12.8 Å². The lowest BCUT2D eigenvalue weighted by atomic mass is 9.94. The van der Waals surface area contributed by atoms with Gasteiger partial charge in [0.15, 0.2) is 0 Å². The lowest BCUT2D eigenvalue weighted by Gasteiger charge is -2.43. The number of β-amino-alcohol motifs (C(OH)–C–C–N with tert-alkyl or cyclic N) is 1. The summed E-state index contributed by atoms with van der Waals surface area (Å²) in [4.78, 5) is 12.3. The molecule has 2 rings (SSSR count). The molecule has 146 valence electrons. The van der Waals surface area contributed by atoms with Crippen molar-refractivity contribution >= 4 is 17.1 Å². The van der Waals surface area contributed by atoms with Gasteiger partial charge in [-0.15, -0.1) is 0 Å². The van der Waals surface area contributed by atoms with Crippen molar-refractivity contribution < 1.29 is 25.3 Å². The third-order valence-corrected chi connectivity index (χ3v) is 4.62. The highest BCUT2D eigenvalue weighted by atomic mass is 16.6. The zero-order valence-corrected chi connectivity index (χ0v) is 14.4. The van der Waals surface area contributed by atoms with Gasteiger partial charge in [-0.25, -0.2) is 0 Å². The molecule has 26 heavy (non-hydrogen) atoms. The molecule has 0 bridgehead atoms. The fraction of sp³-hybridized carbons (Fsp3) is 0.625. The predicted octanol–water partition coefficient (Wildman–Crippen LogP) is -0.872. The third-order valence-electron chi connectivity index (χ3n) is 4.62. The van der Waals surface area contributed by atoms with E-state index in [4.69, 9.17) is 5.73 Å². The number of hydrogen-bond acceptors (Lipinski definition) is 9. The van der Waals surface area contributed by atoms with E-state index in [0.29, 0.717) is 37.3 Å². The molecule has 4 atom stereocenters. The molecule has 10 heteroatoms. The highest BCUT2D eigenvalue weighted by Crippen LogP contribution is 2.26. The maximum absolute atomic E-state index is 11.0. The normalized spacial score (nSPS) is 26.6. The zero-order valence-electron chi connectivity index (χ0n) is 14.4. The van der Waals surface area contributed by atoms with Gasteiger partial charge in [-0.3, -0.25) is 15.0 Å². The van der Waals surface area contributed by atoms with E-state index < -0.39 is 29.3 Å². The average molecular weight is 370 g/mol. The van der Waals surface area contributed by atoms with Gasteiger partial charge >= 0.3 is 0 Å². The summed E-state index contributed by atoms with van der Waals surface area (Å²) in [5.74, 6) is 0. The number of anilines is 2. The third kappa shape index (κ3) is 4.80. The van der Waals surface area contributed by atoms with Crippen LogP contribution in [0.4, 0.5) is 17.1 Å². The number of nitrogens with zero attached hydrogens (tertiary/aromatic N) is 2. The Balaban J connectivity index is 1.81. The smallest absolute Gasteiger partial charge is 0.294 e. The molecule has 0 aromatic heterocycles. The molecule has 1 aliphatic rings. The van der Waals surface area contributed by atoms with Crippen molar-refractivity contribution in [2.75, 3.05) is 37.3 Å². The molecule has 1 saturated heterocycles. The monoisotopic (exact) mass is 370 g/mol. The van der Waals surface area contributed by atoms with Crippen LogP contribution >= 0.6 is 0 Å². The van der Waals surface area contributed by atoms with Gasteiger partial charge in [-0.1, -0.05) is 0 Å². The van der Waals surface area contributed by atoms with Gasteiger partial charge in [0.25, 0.3) is 5.69 Å². The number of nitrogen functional groups attached to an aromatic ring is 1. The van der Waals surface area contributed by atoms with Crippen LogP contribution in [0.3, 0.4) is 0 Å². The van der Waals surface area contributed by atoms with Gasteiger partial charge in [0, 0.05) is 24.8 Å². The van der Waals surface area contributed by atoms with Crippen LogP contribution in [0.5, 0.6) is 0 Å². The minimum Gasteiger partial charge on any atom is -0.399 e. The number of unbranched alkanes of at least 4 members (excludes halogenated alkanes) is 1. The zero-order chi connectivity index (χ0) is 19.3. The van der Waals surface area contributed by atoms with E-state index in [1.165, 1.54) is 6.07 Å². The summed E-state index contributed by atoms with van der Waals surface area (Å²) >= 11 is 0. The first kappa shape index (κ1) is 20.3. The minimum absolute atomic E-state index is 0.0818. The second-order valence-corrected chi connectivity index (χ2v) is 6.46. The molecular weight excluding hydrogens is 344 g/mol. The van der Waals surface area contributed by atoms with Crippen molar-refractivity contribution in [2.45, 2.75) is 37.2 Å². The van der Waals surface area contributed by atoms with E-state index in [9.17, 15) is 30.5 Å². The second kappa shape index (κ2) is 9.10. The number of piperidine rings is 1. The average Bonchev–Trinajstić information content (AvgIpc) is 2.60. The van der Waals surface area contributed by atoms with Crippen LogP contribution in [0, 0.1) is 10.1 Å². The number of nitrogens with two attached hydrogens (primary N) is 1. The largest absolute Gasteiger partial charge is 0.399 e. The van der Waals surface area contributed by atoms with Gasteiger partial charge in [0.2, 0.25) is 0 Å². The van der Waals surface area contributed by atoms with Gasteiger partial charge < -0.3 is 31.5 Å². The molecule has 10 nitrogen and oxygen atoms in total. The van der Waals surface area contributed by atoms with Crippen molar-refractivity contribution in [3.05, 3.63) is 28.3 Å². The maximum Gasteiger partial charge on any atom is 0.294 e. The number of aliphatic hydroxyl groups is 4. The Kier molecular flexibility index (Phi) is 7.12. The molecular formula is C16H26N4O6. The van der Waals surface area contributed by atoms with Crippen molar-refractivity contribution in [2.24, 2.45) is 0 Å². The summed E-state index contributed by atoms with van der Waals surface area (Å²) in [5.41, 5.74) is 6.20. The van der Waals surface area contributed by atoms with E-state index in [-0.39, 0.29) is 18.8 Å². The lowest BCUT2D eigenvalue weighted by Crippen LogP contribution is -2.62. The number of aliphatic hydroxyl groups excluding tert-OH is 4. The highest BCUT2D eigenvalue weighted by molar-refractivity contribution is 5.66. The number of hydrogen-bond donors (Lipinski definition) is 6. The first-order valence-corrected chi connectivity index (χ1v) is 8.52. The fourth-order valence-electron chi connectivity index (χ4n) is 3.15. The summed E-state index contributed by atoms with van der Waals surface area (Å²) in [5, 5.41) is 52.8. The summed E-state index contributed by atoms with van der Waals surface area (Å²) in [7, 11) is 0. The van der Waals surface area contributed by atoms with E-state index in [0.717, 1.165) is 0 Å². The quantitative estimate of drug-likeness (QED) is 0.148. The predicted molar refractivity (Wildman–Crippen MR) is 95.7 cm³/mol. The number of benzene rings is 1. The Hall–Kier alpha value is -1.98. The number of likely N-dealkylation sites (tertiary alicyclic amines) is 1. The molecule has 0 radical (unpaired) electrons. The molecule has 1 aromatic carbocycles. The molecule has 0 aliphatic carbocycles. The molecule has 1 fully saturated rings. The van der Waals surface area contributed by atoms with E-state index in [1.54, 1.807) is 17.0 Å². The highest BCUT2D eigenvalue weighted by Gasteiger charge is 2.40. The van der Waals surface area contributed by atoms with Gasteiger partial charge in [0.05, 0.1) is 23.7 Å². The minimum atomic E-state index is -1.27. The maximum atomic E-state index is 11.0. The SMILES string of the molecule is Nc1ccc(NCCCCN2C[C@H](O)[C@@H](O)[C@H](O)[C@H]2CO)c([N+](=O)[O-])c1. The Morgan fingerprint density at radius 2 is 2.00 bits per heavy atom. The molecule has 0 unspecified atom stereocenters. The number of rotatable bonds is 8. The molecule has 1 heterocycles. The van der Waals surface area contributed by atoms with Gasteiger partial charge in [0.1, 0.15) is 17.9 Å². The topological polar surface area (TPSA) is 165 Å². The van der Waals surface area contributed by atoms with Crippen LogP contribution in [0.2, 0.25) is 0 Å². The molecule has 0 saturated carbocycles. The summed E-state index contributed by atoms with van der Waals surface area (Å²) < 4.78 is 0.